The molecule has 3 rings (SSSR count). The van der Waals surface area contributed by atoms with Gasteiger partial charge in [0.1, 0.15) is 0 Å². The first-order valence-corrected chi connectivity index (χ1v) is 6.91. The second-order valence-corrected chi connectivity index (χ2v) is 5.52. The molecule has 0 radical (unpaired) electrons. The van der Waals surface area contributed by atoms with E-state index in [1.807, 2.05) is 0 Å². The van der Waals surface area contributed by atoms with E-state index < -0.39 is 0 Å². The molecule has 1 aromatic carbocycles. The summed E-state index contributed by atoms with van der Waals surface area (Å²) in [4.78, 5) is 25.8. The van der Waals surface area contributed by atoms with Crippen LogP contribution < -0.4 is 4.90 Å². The number of imide groups is 1. The molecule has 1 heterocycles. The molecule has 1 aromatic rings. The molecule has 0 unspecified atom stereocenters. The van der Waals surface area contributed by atoms with Crippen LogP contribution in [0.15, 0.2) is 29.3 Å². The van der Waals surface area contributed by atoms with Crippen LogP contribution in [-0.2, 0) is 9.59 Å². The molecule has 0 spiro atoms. The Hall–Kier alpha value is -1.32. The second-order valence-electron chi connectivity index (χ2n) is 4.71. The van der Waals surface area contributed by atoms with E-state index in [4.69, 9.17) is 23.2 Å². The zero-order valence-corrected chi connectivity index (χ0v) is 11.6. The van der Waals surface area contributed by atoms with Crippen LogP contribution >= 0.6 is 23.2 Å². The van der Waals surface area contributed by atoms with Crippen molar-refractivity contribution < 1.29 is 9.59 Å². The number of amides is 2. The van der Waals surface area contributed by atoms with Gasteiger partial charge in [0.25, 0.3) is 11.8 Å². The molecule has 0 saturated carbocycles. The molecule has 2 aliphatic rings. The lowest BCUT2D eigenvalue weighted by atomic mass is 9.93. The fourth-order valence-corrected chi connectivity index (χ4v) is 2.89. The zero-order chi connectivity index (χ0) is 13.6. The Morgan fingerprint density at radius 3 is 2.00 bits per heavy atom. The molecule has 0 atom stereocenters. The van der Waals surface area contributed by atoms with Gasteiger partial charge in [-0.25, -0.2) is 4.90 Å². The van der Waals surface area contributed by atoms with Crippen LogP contribution in [0.25, 0.3) is 0 Å². The van der Waals surface area contributed by atoms with E-state index in [9.17, 15) is 9.59 Å². The number of rotatable bonds is 1. The van der Waals surface area contributed by atoms with Gasteiger partial charge in [0.05, 0.1) is 15.7 Å². The summed E-state index contributed by atoms with van der Waals surface area (Å²) in [6, 6.07) is 4.79. The van der Waals surface area contributed by atoms with Crippen molar-refractivity contribution in [1.29, 1.82) is 0 Å². The zero-order valence-electron chi connectivity index (χ0n) is 10.1. The number of benzene rings is 1. The molecule has 2 amide bonds. The fraction of sp³-hybridized carbons (Fsp3) is 0.286. The van der Waals surface area contributed by atoms with Crippen LogP contribution in [-0.4, -0.2) is 11.8 Å². The SMILES string of the molecule is O=C1C2=C(CCCC2)C(=O)N1c1ccc(Cl)c(Cl)c1. The lowest BCUT2D eigenvalue weighted by molar-refractivity contribution is -0.120. The van der Waals surface area contributed by atoms with Gasteiger partial charge in [-0.1, -0.05) is 23.2 Å². The van der Waals surface area contributed by atoms with Gasteiger partial charge in [-0.15, -0.1) is 0 Å². The minimum atomic E-state index is -0.210. The van der Waals surface area contributed by atoms with E-state index in [1.165, 1.54) is 4.90 Å². The number of carbonyl (C=O) groups is 2. The van der Waals surface area contributed by atoms with Gasteiger partial charge in [-0.2, -0.15) is 0 Å². The highest BCUT2D eigenvalue weighted by Crippen LogP contribution is 2.37. The van der Waals surface area contributed by atoms with Crippen LogP contribution in [0.2, 0.25) is 10.0 Å². The van der Waals surface area contributed by atoms with Gasteiger partial charge in [0, 0.05) is 11.1 Å². The van der Waals surface area contributed by atoms with Gasteiger partial charge in [-0.05, 0) is 43.9 Å². The molecule has 1 aliphatic heterocycles. The van der Waals surface area contributed by atoms with Gasteiger partial charge in [0.15, 0.2) is 0 Å². The van der Waals surface area contributed by atoms with Crippen molar-refractivity contribution in [3.63, 3.8) is 0 Å². The molecule has 1 aliphatic carbocycles. The van der Waals surface area contributed by atoms with Crippen molar-refractivity contribution in [2.24, 2.45) is 0 Å². The van der Waals surface area contributed by atoms with Crippen molar-refractivity contribution in [3.05, 3.63) is 39.4 Å². The predicted molar refractivity (Wildman–Crippen MR) is 74.4 cm³/mol. The first-order chi connectivity index (χ1) is 9.09. The van der Waals surface area contributed by atoms with Crippen molar-refractivity contribution in [3.8, 4) is 0 Å². The highest BCUT2D eigenvalue weighted by Gasteiger charge is 2.39. The first-order valence-electron chi connectivity index (χ1n) is 6.15. The standard InChI is InChI=1S/C14H11Cl2NO2/c15-11-6-5-8(7-12(11)16)17-13(18)9-3-1-2-4-10(9)14(17)19/h5-7H,1-4H2. The van der Waals surface area contributed by atoms with Gasteiger partial charge < -0.3 is 0 Å². The summed E-state index contributed by atoms with van der Waals surface area (Å²) in [5, 5.41) is 0.742. The average Bonchev–Trinajstić information content (AvgIpc) is 2.66. The van der Waals surface area contributed by atoms with Crippen LogP contribution in [0.1, 0.15) is 25.7 Å². The number of halogens is 2. The van der Waals surface area contributed by atoms with E-state index in [0.29, 0.717) is 39.7 Å². The molecule has 0 saturated heterocycles. The summed E-state index contributed by atoms with van der Waals surface area (Å²) in [5.74, 6) is -0.420. The fourth-order valence-electron chi connectivity index (χ4n) is 2.60. The highest BCUT2D eigenvalue weighted by atomic mass is 35.5. The number of hydrogen-bond donors (Lipinski definition) is 0. The number of anilines is 1. The molecule has 3 nitrogen and oxygen atoms in total. The van der Waals surface area contributed by atoms with Crippen LogP contribution in [0, 0.1) is 0 Å². The first kappa shape index (κ1) is 12.7. The van der Waals surface area contributed by atoms with E-state index in [2.05, 4.69) is 0 Å². The Morgan fingerprint density at radius 2 is 1.47 bits per heavy atom. The van der Waals surface area contributed by atoms with Crippen molar-refractivity contribution in [2.45, 2.75) is 25.7 Å². The lowest BCUT2D eigenvalue weighted by Crippen LogP contribution is -2.31. The van der Waals surface area contributed by atoms with Crippen LogP contribution in [0.4, 0.5) is 5.69 Å². The number of carbonyl (C=O) groups excluding carboxylic acids is 2. The van der Waals surface area contributed by atoms with E-state index in [0.717, 1.165) is 12.8 Å². The number of hydrogen-bond acceptors (Lipinski definition) is 2. The third-order valence-corrected chi connectivity index (χ3v) is 4.29. The van der Waals surface area contributed by atoms with Gasteiger partial charge in [-0.3, -0.25) is 9.59 Å². The molecular weight excluding hydrogens is 285 g/mol. The lowest BCUT2D eigenvalue weighted by Gasteiger charge is -2.15. The smallest absolute Gasteiger partial charge is 0.261 e. The Kier molecular flexibility index (Phi) is 3.11. The van der Waals surface area contributed by atoms with Gasteiger partial charge in [0.2, 0.25) is 0 Å². The van der Waals surface area contributed by atoms with Crippen LogP contribution in [0.3, 0.4) is 0 Å². The van der Waals surface area contributed by atoms with E-state index >= 15 is 0 Å². The van der Waals surface area contributed by atoms with Crippen molar-refractivity contribution >= 4 is 40.7 Å². The predicted octanol–water partition coefficient (Wildman–Crippen LogP) is 3.74. The molecule has 0 fully saturated rings. The van der Waals surface area contributed by atoms with E-state index in [1.54, 1.807) is 18.2 Å². The molecule has 5 heteroatoms. The van der Waals surface area contributed by atoms with Crippen molar-refractivity contribution in [1.82, 2.24) is 0 Å². The maximum Gasteiger partial charge on any atom is 0.261 e. The molecule has 0 bridgehead atoms. The molecule has 0 aromatic heterocycles. The molecule has 98 valence electrons. The third kappa shape index (κ3) is 1.97. The normalized spacial score (nSPS) is 19.2. The average molecular weight is 296 g/mol. The minimum Gasteiger partial charge on any atom is -0.269 e. The Balaban J connectivity index is 2.01. The minimum absolute atomic E-state index is 0.210. The van der Waals surface area contributed by atoms with Crippen LogP contribution in [0.5, 0.6) is 0 Å². The summed E-state index contributed by atoms with van der Waals surface area (Å²) in [7, 11) is 0. The molecular formula is C14H11Cl2NO2. The van der Waals surface area contributed by atoms with Crippen molar-refractivity contribution in [2.75, 3.05) is 4.90 Å². The second kappa shape index (κ2) is 4.66. The maximum atomic E-state index is 12.3. The summed E-state index contributed by atoms with van der Waals surface area (Å²) in [6.45, 7) is 0. The quantitative estimate of drug-likeness (QED) is 0.740. The largest absolute Gasteiger partial charge is 0.269 e. The highest BCUT2D eigenvalue weighted by molar-refractivity contribution is 6.42. The van der Waals surface area contributed by atoms with Gasteiger partial charge >= 0.3 is 0 Å². The monoisotopic (exact) mass is 295 g/mol. The Labute approximate surface area is 120 Å². The topological polar surface area (TPSA) is 37.4 Å². The summed E-state index contributed by atoms with van der Waals surface area (Å²) in [6.07, 6.45) is 3.32. The Bertz CT molecular complexity index is 594. The summed E-state index contributed by atoms with van der Waals surface area (Å²) < 4.78 is 0. The summed E-state index contributed by atoms with van der Waals surface area (Å²) >= 11 is 11.8. The maximum absolute atomic E-state index is 12.3. The molecule has 19 heavy (non-hydrogen) atoms. The Morgan fingerprint density at radius 1 is 0.895 bits per heavy atom. The number of nitrogens with zero attached hydrogens (tertiary/aromatic N) is 1. The van der Waals surface area contributed by atoms with E-state index in [-0.39, 0.29) is 11.8 Å². The molecule has 0 N–H and O–H groups in total. The third-order valence-electron chi connectivity index (χ3n) is 3.55. The summed E-state index contributed by atoms with van der Waals surface area (Å²) in [5.41, 5.74) is 1.82.